The predicted molar refractivity (Wildman–Crippen MR) is 117 cm³/mol. The number of thiophene rings is 1. The second-order valence-electron chi connectivity index (χ2n) is 7.80. The smallest absolute Gasteiger partial charge is 0.313 e. The van der Waals surface area contributed by atoms with Crippen LogP contribution in [0.15, 0.2) is 59.6 Å². The van der Waals surface area contributed by atoms with Crippen molar-refractivity contribution in [1.29, 1.82) is 0 Å². The lowest BCUT2D eigenvalue weighted by molar-refractivity contribution is -0.428. The molecular formula is C23H22N2O5S. The third-order valence-corrected chi connectivity index (χ3v) is 7.29. The summed E-state index contributed by atoms with van der Waals surface area (Å²) in [5.74, 6) is -1.02. The van der Waals surface area contributed by atoms with E-state index >= 15 is 0 Å². The lowest BCUT2D eigenvalue weighted by Gasteiger charge is -2.38. The van der Waals surface area contributed by atoms with Gasteiger partial charge in [0.05, 0.1) is 34.5 Å². The molecule has 7 nitrogen and oxygen atoms in total. The molecule has 2 N–H and O–H groups in total. The Balaban J connectivity index is 1.92. The number of ether oxygens (including phenoxy) is 1. The molecule has 0 bridgehead atoms. The molecular weight excluding hydrogens is 416 g/mol. The van der Waals surface area contributed by atoms with E-state index in [0.717, 1.165) is 5.56 Å². The summed E-state index contributed by atoms with van der Waals surface area (Å²) in [6, 6.07) is 10.7. The molecule has 2 aliphatic rings. The summed E-state index contributed by atoms with van der Waals surface area (Å²) in [4.78, 5) is 37.6. The number of allylic oxidation sites excluding steroid dienone is 4. The predicted octanol–water partition coefficient (Wildman–Crippen LogP) is 4.08. The first-order chi connectivity index (χ1) is 14.9. The van der Waals surface area contributed by atoms with Crippen LogP contribution in [0.1, 0.15) is 47.0 Å². The highest BCUT2D eigenvalue weighted by Crippen LogP contribution is 2.65. The number of esters is 1. The number of carbonyl (C=O) groups is 2. The average molecular weight is 439 g/mol. The molecule has 1 heterocycles. The van der Waals surface area contributed by atoms with Crippen LogP contribution in [0.25, 0.3) is 5.57 Å². The number of nitrogens with zero attached hydrogens (tertiary/aromatic N) is 1. The van der Waals surface area contributed by atoms with Gasteiger partial charge in [-0.15, -0.1) is 11.3 Å². The summed E-state index contributed by atoms with van der Waals surface area (Å²) in [6.45, 7) is 1.94. The van der Waals surface area contributed by atoms with Crippen LogP contribution in [0.5, 0.6) is 0 Å². The second kappa shape index (κ2) is 7.77. The number of rotatable bonds is 7. The minimum atomic E-state index is -1.07. The van der Waals surface area contributed by atoms with Crippen molar-refractivity contribution in [2.24, 2.45) is 11.1 Å². The van der Waals surface area contributed by atoms with Crippen molar-refractivity contribution in [1.82, 2.24) is 0 Å². The second-order valence-corrected chi connectivity index (χ2v) is 8.71. The van der Waals surface area contributed by atoms with Gasteiger partial charge in [-0.25, -0.2) is 0 Å². The quantitative estimate of drug-likeness (QED) is 0.398. The SMILES string of the molecule is CCOC(=O)C1(C2(c3sccc3C(N)=O)C=CC(c3ccccc3)=C([N+](=O)[O-])C2)CC1. The highest BCUT2D eigenvalue weighted by atomic mass is 32.1. The molecule has 2 aliphatic carbocycles. The lowest BCUT2D eigenvalue weighted by Crippen LogP contribution is -2.44. The van der Waals surface area contributed by atoms with Gasteiger partial charge in [0.2, 0.25) is 5.91 Å². The first kappa shape index (κ1) is 21.0. The first-order valence-electron chi connectivity index (χ1n) is 10.0. The van der Waals surface area contributed by atoms with Gasteiger partial charge in [0.15, 0.2) is 0 Å². The number of primary amides is 1. The van der Waals surface area contributed by atoms with Crippen LogP contribution >= 0.6 is 11.3 Å². The topological polar surface area (TPSA) is 113 Å². The average Bonchev–Trinajstić information content (AvgIpc) is 3.43. The van der Waals surface area contributed by atoms with Gasteiger partial charge in [-0.1, -0.05) is 42.5 Å². The molecule has 1 saturated carbocycles. The zero-order valence-electron chi connectivity index (χ0n) is 17.0. The Labute approximate surface area is 183 Å². The Hall–Kier alpha value is -3.26. The van der Waals surface area contributed by atoms with Crippen LogP contribution < -0.4 is 5.73 Å². The van der Waals surface area contributed by atoms with E-state index < -0.39 is 22.7 Å². The molecule has 0 radical (unpaired) electrons. The van der Waals surface area contributed by atoms with Gasteiger partial charge in [0, 0.05) is 10.3 Å². The molecule has 8 heteroatoms. The van der Waals surface area contributed by atoms with Crippen molar-refractivity contribution >= 4 is 28.8 Å². The van der Waals surface area contributed by atoms with Crippen molar-refractivity contribution < 1.29 is 19.2 Å². The minimum Gasteiger partial charge on any atom is -0.466 e. The molecule has 1 unspecified atom stereocenters. The Morgan fingerprint density at radius 2 is 1.94 bits per heavy atom. The van der Waals surface area contributed by atoms with E-state index in [0.29, 0.717) is 23.3 Å². The maximum absolute atomic E-state index is 13.1. The molecule has 1 atom stereocenters. The number of nitro groups is 1. The summed E-state index contributed by atoms with van der Waals surface area (Å²) in [5, 5.41) is 13.9. The maximum atomic E-state index is 13.1. The maximum Gasteiger partial charge on any atom is 0.313 e. The van der Waals surface area contributed by atoms with E-state index in [1.165, 1.54) is 11.3 Å². The fourth-order valence-corrected chi connectivity index (χ4v) is 5.74. The summed E-state index contributed by atoms with van der Waals surface area (Å²) < 4.78 is 5.38. The fraction of sp³-hybridized carbons (Fsp3) is 0.304. The van der Waals surface area contributed by atoms with Crippen LogP contribution in [0.3, 0.4) is 0 Å². The minimum absolute atomic E-state index is 0.00749. The van der Waals surface area contributed by atoms with E-state index in [9.17, 15) is 19.7 Å². The number of benzene rings is 1. The van der Waals surface area contributed by atoms with E-state index in [-0.39, 0.29) is 29.2 Å². The summed E-state index contributed by atoms with van der Waals surface area (Å²) in [5.41, 5.74) is 5.10. The van der Waals surface area contributed by atoms with Crippen molar-refractivity contribution in [3.63, 3.8) is 0 Å². The first-order valence-corrected chi connectivity index (χ1v) is 10.9. The molecule has 1 fully saturated rings. The third kappa shape index (κ3) is 3.27. The van der Waals surface area contributed by atoms with Gasteiger partial charge >= 0.3 is 5.97 Å². The Morgan fingerprint density at radius 1 is 1.23 bits per heavy atom. The van der Waals surface area contributed by atoms with Gasteiger partial charge in [0.25, 0.3) is 5.70 Å². The van der Waals surface area contributed by atoms with Crippen LogP contribution in [0.2, 0.25) is 0 Å². The van der Waals surface area contributed by atoms with Gasteiger partial charge in [0.1, 0.15) is 0 Å². The molecule has 0 aliphatic heterocycles. The molecule has 31 heavy (non-hydrogen) atoms. The van der Waals surface area contributed by atoms with Crippen molar-refractivity contribution in [3.8, 4) is 0 Å². The molecule has 1 amide bonds. The monoisotopic (exact) mass is 438 g/mol. The number of nitrogens with two attached hydrogens (primary N) is 1. The molecule has 160 valence electrons. The van der Waals surface area contributed by atoms with Crippen molar-refractivity contribution in [2.75, 3.05) is 6.61 Å². The summed E-state index contributed by atoms with van der Waals surface area (Å²) in [7, 11) is 0. The van der Waals surface area contributed by atoms with Crippen molar-refractivity contribution in [3.05, 3.63) is 85.7 Å². The Morgan fingerprint density at radius 3 is 2.52 bits per heavy atom. The highest BCUT2D eigenvalue weighted by Gasteiger charge is 2.67. The van der Waals surface area contributed by atoms with Crippen LogP contribution in [-0.4, -0.2) is 23.4 Å². The standard InChI is InChI=1S/C23H22N2O5S/c1-2-30-21(27)22(11-12-22)23(19-17(20(24)26)9-13-31-19)10-8-16(18(14-23)25(28)29)15-6-4-3-5-7-15/h3-10,13H,2,11-12,14H2,1H3,(H2,24,26). The zero-order chi connectivity index (χ0) is 22.2. The molecule has 2 aromatic rings. The Bertz CT molecular complexity index is 1110. The fourth-order valence-electron chi connectivity index (χ4n) is 4.56. The molecule has 0 saturated heterocycles. The molecule has 1 aromatic heterocycles. The van der Waals surface area contributed by atoms with Gasteiger partial charge in [-0.05, 0) is 36.8 Å². The van der Waals surface area contributed by atoms with Crippen LogP contribution in [0, 0.1) is 15.5 Å². The summed E-state index contributed by atoms with van der Waals surface area (Å²) >= 11 is 1.29. The van der Waals surface area contributed by atoms with E-state index in [1.54, 1.807) is 24.4 Å². The number of amides is 1. The molecule has 1 aromatic carbocycles. The van der Waals surface area contributed by atoms with E-state index in [4.69, 9.17) is 10.5 Å². The van der Waals surface area contributed by atoms with Crippen LogP contribution in [0.4, 0.5) is 0 Å². The van der Waals surface area contributed by atoms with Crippen LogP contribution in [-0.2, 0) is 14.9 Å². The lowest BCUT2D eigenvalue weighted by atomic mass is 9.64. The van der Waals surface area contributed by atoms with Crippen molar-refractivity contribution in [2.45, 2.75) is 31.6 Å². The zero-order valence-corrected chi connectivity index (χ0v) is 17.8. The normalized spacial score (nSPS) is 21.6. The number of hydrogen-bond donors (Lipinski definition) is 1. The number of carbonyl (C=O) groups excluding carboxylic acids is 2. The molecule has 0 spiro atoms. The molecule has 4 rings (SSSR count). The number of hydrogen-bond acceptors (Lipinski definition) is 6. The van der Waals surface area contributed by atoms with Gasteiger partial charge in [-0.3, -0.25) is 19.7 Å². The van der Waals surface area contributed by atoms with Gasteiger partial charge < -0.3 is 10.5 Å². The third-order valence-electron chi connectivity index (χ3n) is 6.20. The highest BCUT2D eigenvalue weighted by molar-refractivity contribution is 7.10. The Kier molecular flexibility index (Phi) is 5.26. The van der Waals surface area contributed by atoms with E-state index in [2.05, 4.69) is 0 Å². The largest absolute Gasteiger partial charge is 0.466 e. The van der Waals surface area contributed by atoms with Gasteiger partial charge in [-0.2, -0.15) is 0 Å². The van der Waals surface area contributed by atoms with E-state index in [1.807, 2.05) is 36.4 Å². The summed E-state index contributed by atoms with van der Waals surface area (Å²) in [6.07, 6.45) is 4.58.